The van der Waals surface area contributed by atoms with E-state index in [-0.39, 0.29) is 6.17 Å². The summed E-state index contributed by atoms with van der Waals surface area (Å²) in [6, 6.07) is 21.0. The lowest BCUT2D eigenvalue weighted by atomic mass is 9.98. The van der Waals surface area contributed by atoms with Gasteiger partial charge in [0.2, 0.25) is 5.88 Å². The number of hydrogen-bond acceptors (Lipinski definition) is 4. The number of rotatable bonds is 5. The molecule has 0 N–H and O–H groups in total. The van der Waals surface area contributed by atoms with Crippen molar-refractivity contribution in [3.8, 4) is 5.88 Å². The van der Waals surface area contributed by atoms with Crippen molar-refractivity contribution in [1.82, 2.24) is 4.98 Å². The van der Waals surface area contributed by atoms with Gasteiger partial charge in [-0.3, -0.25) is 4.99 Å². The highest BCUT2D eigenvalue weighted by atomic mass is 16.5. The molecule has 2 aromatic carbocycles. The van der Waals surface area contributed by atoms with E-state index >= 15 is 0 Å². The van der Waals surface area contributed by atoms with Crippen LogP contribution in [0.1, 0.15) is 43.5 Å². The van der Waals surface area contributed by atoms with Crippen LogP contribution in [0.3, 0.4) is 0 Å². The van der Waals surface area contributed by atoms with Gasteiger partial charge in [-0.25, -0.2) is 4.98 Å². The van der Waals surface area contributed by atoms with Gasteiger partial charge in [0, 0.05) is 34.9 Å². The fourth-order valence-electron chi connectivity index (χ4n) is 3.46. The molecule has 142 valence electrons. The molecule has 0 amide bonds. The second kappa shape index (κ2) is 7.85. The maximum absolute atomic E-state index is 5.21. The Morgan fingerprint density at radius 3 is 2.50 bits per heavy atom. The molecule has 2 unspecified atom stereocenters. The fourth-order valence-corrected chi connectivity index (χ4v) is 3.46. The lowest BCUT2D eigenvalue weighted by Crippen LogP contribution is -2.37. The Labute approximate surface area is 165 Å². The van der Waals surface area contributed by atoms with Gasteiger partial charge in [0.1, 0.15) is 0 Å². The van der Waals surface area contributed by atoms with Gasteiger partial charge in [0.15, 0.2) is 6.17 Å². The Hall–Kier alpha value is -3.14. The molecule has 0 radical (unpaired) electrons. The number of para-hydroxylation sites is 1. The smallest absolute Gasteiger partial charge is 0.212 e. The highest BCUT2D eigenvalue weighted by Crippen LogP contribution is 2.31. The van der Waals surface area contributed by atoms with Gasteiger partial charge >= 0.3 is 0 Å². The number of hydrogen-bond donors (Lipinski definition) is 0. The van der Waals surface area contributed by atoms with Crippen LogP contribution in [0.5, 0.6) is 5.88 Å². The molecule has 4 heteroatoms. The maximum Gasteiger partial charge on any atom is 0.212 e. The topological polar surface area (TPSA) is 37.7 Å². The SMILES string of the molecule is CCC(C)c1ccc(N2C=c3ccccc3=NC2c2ccc(OC)nc2)cc1. The zero-order chi connectivity index (χ0) is 19.5. The molecule has 0 aliphatic carbocycles. The second-order valence-corrected chi connectivity index (χ2v) is 7.13. The summed E-state index contributed by atoms with van der Waals surface area (Å²) in [5, 5.41) is 2.11. The number of anilines is 1. The third kappa shape index (κ3) is 3.50. The molecule has 4 nitrogen and oxygen atoms in total. The molecule has 0 spiro atoms. The minimum atomic E-state index is -0.164. The van der Waals surface area contributed by atoms with Crippen molar-refractivity contribution in [2.24, 2.45) is 4.99 Å². The molecule has 2 heterocycles. The van der Waals surface area contributed by atoms with Gasteiger partial charge in [-0.05, 0) is 42.2 Å². The van der Waals surface area contributed by atoms with E-state index in [0.29, 0.717) is 11.8 Å². The first-order chi connectivity index (χ1) is 13.7. The van der Waals surface area contributed by atoms with E-state index in [1.54, 1.807) is 7.11 Å². The average molecular weight is 371 g/mol. The van der Waals surface area contributed by atoms with Crippen LogP contribution in [0.15, 0.2) is 71.9 Å². The molecule has 1 aliphatic rings. The van der Waals surface area contributed by atoms with Crippen molar-refractivity contribution < 1.29 is 4.74 Å². The van der Waals surface area contributed by atoms with E-state index in [2.05, 4.69) is 66.3 Å². The maximum atomic E-state index is 5.21. The number of benzene rings is 2. The molecule has 0 fully saturated rings. The van der Waals surface area contributed by atoms with Gasteiger partial charge in [0.05, 0.1) is 12.5 Å². The molecule has 28 heavy (non-hydrogen) atoms. The van der Waals surface area contributed by atoms with Crippen molar-refractivity contribution in [1.29, 1.82) is 0 Å². The van der Waals surface area contributed by atoms with E-state index in [0.717, 1.165) is 28.2 Å². The Morgan fingerprint density at radius 2 is 1.82 bits per heavy atom. The molecule has 1 aromatic heterocycles. The third-order valence-corrected chi connectivity index (χ3v) is 5.38. The zero-order valence-corrected chi connectivity index (χ0v) is 16.5. The number of fused-ring (bicyclic) bond motifs is 1. The monoisotopic (exact) mass is 371 g/mol. The average Bonchev–Trinajstić information content (AvgIpc) is 2.78. The van der Waals surface area contributed by atoms with Gasteiger partial charge in [-0.2, -0.15) is 0 Å². The molecule has 1 aliphatic heterocycles. The van der Waals surface area contributed by atoms with Crippen molar-refractivity contribution in [2.75, 3.05) is 12.0 Å². The molecular formula is C24H25N3O. The Balaban J connectivity index is 1.78. The molecule has 4 rings (SSSR count). The van der Waals surface area contributed by atoms with Gasteiger partial charge in [-0.15, -0.1) is 0 Å². The molecule has 3 aromatic rings. The Morgan fingerprint density at radius 1 is 1.04 bits per heavy atom. The normalized spacial score (nSPS) is 16.5. The van der Waals surface area contributed by atoms with Crippen molar-refractivity contribution in [3.63, 3.8) is 0 Å². The molecule has 0 bridgehead atoms. The highest BCUT2D eigenvalue weighted by molar-refractivity contribution is 5.62. The number of ether oxygens (including phenoxy) is 1. The standard InChI is InChI=1S/C24H25N3O/c1-4-17(2)18-9-12-21(13-10-18)27-16-20-7-5-6-8-22(20)26-24(27)19-11-14-23(28-3)25-15-19/h5-17,24H,4H2,1-3H3. The van der Waals surface area contributed by atoms with E-state index in [4.69, 9.17) is 9.73 Å². The van der Waals surface area contributed by atoms with Crippen molar-refractivity contribution in [3.05, 3.63) is 88.6 Å². The highest BCUT2D eigenvalue weighted by Gasteiger charge is 2.22. The molecular weight excluding hydrogens is 346 g/mol. The van der Waals surface area contributed by atoms with Gasteiger partial charge < -0.3 is 9.64 Å². The Bertz CT molecular complexity index is 1060. The van der Waals surface area contributed by atoms with Crippen LogP contribution in [0.4, 0.5) is 5.69 Å². The summed E-state index contributed by atoms with van der Waals surface area (Å²) in [5.74, 6) is 1.17. The van der Waals surface area contributed by atoms with Gasteiger partial charge in [-0.1, -0.05) is 44.2 Å². The number of pyridine rings is 1. The third-order valence-electron chi connectivity index (χ3n) is 5.38. The van der Waals surface area contributed by atoms with Crippen LogP contribution >= 0.6 is 0 Å². The van der Waals surface area contributed by atoms with E-state index < -0.39 is 0 Å². The van der Waals surface area contributed by atoms with E-state index in [1.807, 2.05) is 30.5 Å². The predicted octanol–water partition coefficient (Wildman–Crippen LogP) is 4.18. The molecule has 0 saturated heterocycles. The number of methoxy groups -OCH3 is 1. The fraction of sp³-hybridized carbons (Fsp3) is 0.250. The minimum absolute atomic E-state index is 0.164. The molecule has 2 atom stereocenters. The summed E-state index contributed by atoms with van der Waals surface area (Å²) in [6.07, 6.45) is 4.99. The number of nitrogens with zero attached hydrogens (tertiary/aromatic N) is 3. The van der Waals surface area contributed by atoms with Crippen molar-refractivity contribution >= 4 is 11.9 Å². The summed E-state index contributed by atoms with van der Waals surface area (Å²) in [7, 11) is 1.63. The first-order valence-corrected chi connectivity index (χ1v) is 9.72. The summed E-state index contributed by atoms with van der Waals surface area (Å²) in [4.78, 5) is 11.6. The van der Waals surface area contributed by atoms with Gasteiger partial charge in [0.25, 0.3) is 0 Å². The second-order valence-electron chi connectivity index (χ2n) is 7.13. The predicted molar refractivity (Wildman–Crippen MR) is 113 cm³/mol. The van der Waals surface area contributed by atoms with Crippen LogP contribution in [-0.2, 0) is 0 Å². The number of aromatic nitrogens is 1. The Kier molecular flexibility index (Phi) is 5.11. The van der Waals surface area contributed by atoms with Crippen LogP contribution in [0.2, 0.25) is 0 Å². The quantitative estimate of drug-likeness (QED) is 0.675. The van der Waals surface area contributed by atoms with Crippen molar-refractivity contribution in [2.45, 2.75) is 32.4 Å². The van der Waals surface area contributed by atoms with Crippen LogP contribution in [-0.4, -0.2) is 12.1 Å². The molecule has 0 saturated carbocycles. The summed E-state index contributed by atoms with van der Waals surface area (Å²) < 4.78 is 5.21. The van der Waals surface area contributed by atoms with E-state index in [9.17, 15) is 0 Å². The zero-order valence-electron chi connectivity index (χ0n) is 16.5. The largest absolute Gasteiger partial charge is 0.481 e. The van der Waals surface area contributed by atoms with E-state index in [1.165, 1.54) is 5.56 Å². The lowest BCUT2D eigenvalue weighted by molar-refractivity contribution is 0.397. The first kappa shape index (κ1) is 18.2. The van der Waals surface area contributed by atoms with Crippen LogP contribution < -0.4 is 20.2 Å². The van der Waals surface area contributed by atoms with Crippen LogP contribution in [0.25, 0.3) is 6.20 Å². The summed E-state index contributed by atoms with van der Waals surface area (Å²) in [6.45, 7) is 4.49. The minimum Gasteiger partial charge on any atom is -0.481 e. The summed E-state index contributed by atoms with van der Waals surface area (Å²) in [5.41, 5.74) is 3.51. The van der Waals surface area contributed by atoms with Crippen LogP contribution in [0, 0.1) is 0 Å². The first-order valence-electron chi connectivity index (χ1n) is 9.72. The lowest BCUT2D eigenvalue weighted by Gasteiger charge is -2.30. The summed E-state index contributed by atoms with van der Waals surface area (Å²) >= 11 is 0.